The zero-order valence-corrected chi connectivity index (χ0v) is 19.7. The van der Waals surface area contributed by atoms with Gasteiger partial charge < -0.3 is 74.7 Å². The van der Waals surface area contributed by atoms with Crippen molar-refractivity contribution in [1.29, 1.82) is 0 Å². The minimum absolute atomic E-state index is 0.0853. The van der Waals surface area contributed by atoms with E-state index in [4.69, 9.17) is 23.7 Å². The summed E-state index contributed by atoms with van der Waals surface area (Å²) in [5, 5.41) is 101. The molecule has 3 aliphatic rings. The fourth-order valence-corrected chi connectivity index (χ4v) is 4.70. The molecule has 15 atom stereocenters. The fourth-order valence-electron chi connectivity index (χ4n) is 4.70. The topological polar surface area (TPSA) is 248 Å². The monoisotopic (exact) mass is 530 g/mol. The highest BCUT2D eigenvalue weighted by Gasteiger charge is 2.51. The largest absolute Gasteiger partial charge is 0.396 e. The second-order valence-corrected chi connectivity index (χ2v) is 9.30. The van der Waals surface area contributed by atoms with E-state index in [1.165, 1.54) is 0 Å². The molecule has 0 spiro atoms. The van der Waals surface area contributed by atoms with E-state index >= 15 is 0 Å². The van der Waals surface area contributed by atoms with Crippen LogP contribution < -0.4 is 0 Å². The third-order valence-electron chi connectivity index (χ3n) is 6.91. The molecule has 2 aliphatic heterocycles. The fraction of sp³-hybridized carbons (Fsp3) is 1.00. The molecule has 2 saturated heterocycles. The first-order valence-electron chi connectivity index (χ1n) is 11.9. The lowest BCUT2D eigenvalue weighted by Crippen LogP contribution is -2.64. The zero-order chi connectivity index (χ0) is 26.7. The van der Waals surface area contributed by atoms with Crippen LogP contribution in [0.4, 0.5) is 0 Å². The number of ether oxygens (including phenoxy) is 5. The van der Waals surface area contributed by atoms with E-state index < -0.39 is 112 Å². The van der Waals surface area contributed by atoms with Gasteiger partial charge in [0, 0.05) is 19.1 Å². The normalized spacial score (nSPS) is 50.2. The van der Waals surface area contributed by atoms with Crippen molar-refractivity contribution >= 4 is 0 Å². The van der Waals surface area contributed by atoms with Crippen molar-refractivity contribution in [2.24, 2.45) is 5.92 Å². The van der Waals surface area contributed by atoms with Crippen LogP contribution in [0.25, 0.3) is 0 Å². The van der Waals surface area contributed by atoms with Crippen molar-refractivity contribution < 1.29 is 74.7 Å². The Bertz CT molecular complexity index is 667. The van der Waals surface area contributed by atoms with E-state index in [0.29, 0.717) is 0 Å². The summed E-state index contributed by atoms with van der Waals surface area (Å²) in [6.45, 7) is 0.0922. The van der Waals surface area contributed by atoms with Crippen LogP contribution in [0.1, 0.15) is 13.3 Å². The SMILES string of the molecule is CCO[C@H]1O[C@H](CO[C@H]2O[C@H](CO)[C@@H](O)[C@H](O)[C@@H]2O)[C@@H](O)[C@H](O[C@H]2C[C@H](CO)[C@@H](O)[C@H](O)[C@@H]2O)[C@@H]1O. The van der Waals surface area contributed by atoms with Gasteiger partial charge >= 0.3 is 0 Å². The van der Waals surface area contributed by atoms with Crippen molar-refractivity contribution in [2.75, 3.05) is 26.4 Å². The van der Waals surface area contributed by atoms with E-state index in [9.17, 15) is 51.1 Å². The Morgan fingerprint density at radius 1 is 0.639 bits per heavy atom. The third-order valence-corrected chi connectivity index (χ3v) is 6.91. The van der Waals surface area contributed by atoms with Crippen molar-refractivity contribution in [3.63, 3.8) is 0 Å². The molecule has 10 N–H and O–H groups in total. The standard InChI is InChI=1S/C21H38O15/c1-2-32-21-18(31)19(34-8-3-7(4-22)11(24)15(28)12(8)25)14(27)10(36-21)6-33-20-17(30)16(29)13(26)9(5-23)35-20/h7-31H,2-6H2,1H3/t7-,8+,9-,10-,11-,12-,13-,14-,15+,16+,17+,18+,19+,20+,21+/m1/s1. The molecule has 0 unspecified atom stereocenters. The summed E-state index contributed by atoms with van der Waals surface area (Å²) in [7, 11) is 0. The quantitative estimate of drug-likeness (QED) is 0.133. The van der Waals surface area contributed by atoms with E-state index in [0.717, 1.165) is 0 Å². The molecule has 36 heavy (non-hydrogen) atoms. The Hall–Kier alpha value is -0.600. The summed E-state index contributed by atoms with van der Waals surface area (Å²) in [6.07, 6.45) is -20.7. The molecule has 15 nitrogen and oxygen atoms in total. The summed E-state index contributed by atoms with van der Waals surface area (Å²) in [5.74, 6) is -0.824. The Labute approximate surface area is 207 Å². The molecule has 0 aromatic heterocycles. The molecule has 3 rings (SSSR count). The maximum absolute atomic E-state index is 10.9. The Balaban J connectivity index is 1.71. The summed E-state index contributed by atoms with van der Waals surface area (Å²) in [5.41, 5.74) is 0. The predicted octanol–water partition coefficient (Wildman–Crippen LogP) is -5.87. The number of aliphatic hydroxyl groups is 10. The maximum Gasteiger partial charge on any atom is 0.186 e. The molecule has 0 bridgehead atoms. The predicted molar refractivity (Wildman–Crippen MR) is 114 cm³/mol. The van der Waals surface area contributed by atoms with E-state index in [1.54, 1.807) is 6.92 Å². The molecule has 3 fully saturated rings. The molecule has 0 aromatic rings. The Kier molecular flexibility index (Phi) is 10.8. The second-order valence-electron chi connectivity index (χ2n) is 9.30. The maximum atomic E-state index is 10.9. The van der Waals surface area contributed by atoms with Crippen LogP contribution in [0.2, 0.25) is 0 Å². The van der Waals surface area contributed by atoms with Crippen LogP contribution >= 0.6 is 0 Å². The first kappa shape index (κ1) is 29.9. The van der Waals surface area contributed by atoms with Gasteiger partial charge in [0.2, 0.25) is 0 Å². The van der Waals surface area contributed by atoms with Gasteiger partial charge in [0.05, 0.1) is 25.4 Å². The first-order valence-corrected chi connectivity index (χ1v) is 11.9. The molecule has 0 amide bonds. The van der Waals surface area contributed by atoms with Crippen molar-refractivity contribution in [3.05, 3.63) is 0 Å². The highest BCUT2D eigenvalue weighted by Crippen LogP contribution is 2.33. The molecule has 15 heteroatoms. The third kappa shape index (κ3) is 6.17. The zero-order valence-electron chi connectivity index (χ0n) is 19.7. The first-order chi connectivity index (χ1) is 17.0. The van der Waals surface area contributed by atoms with Gasteiger partial charge in [-0.1, -0.05) is 0 Å². The van der Waals surface area contributed by atoms with Gasteiger partial charge in [0.25, 0.3) is 0 Å². The van der Waals surface area contributed by atoms with Crippen LogP contribution in [0.3, 0.4) is 0 Å². The van der Waals surface area contributed by atoms with Crippen LogP contribution in [-0.4, -0.2) is 163 Å². The lowest BCUT2D eigenvalue weighted by molar-refractivity contribution is -0.339. The van der Waals surface area contributed by atoms with Crippen molar-refractivity contribution in [1.82, 2.24) is 0 Å². The minimum atomic E-state index is -1.69. The molecule has 2 heterocycles. The van der Waals surface area contributed by atoms with Gasteiger partial charge in [0.1, 0.15) is 61.0 Å². The minimum Gasteiger partial charge on any atom is -0.396 e. The van der Waals surface area contributed by atoms with Crippen LogP contribution in [-0.2, 0) is 23.7 Å². The van der Waals surface area contributed by atoms with Gasteiger partial charge in [-0.05, 0) is 13.3 Å². The molecule has 0 radical (unpaired) electrons. The van der Waals surface area contributed by atoms with Crippen LogP contribution in [0, 0.1) is 5.92 Å². The van der Waals surface area contributed by atoms with Crippen molar-refractivity contribution in [2.45, 2.75) is 99.2 Å². The summed E-state index contributed by atoms with van der Waals surface area (Å²) < 4.78 is 27.5. The average molecular weight is 531 g/mol. The summed E-state index contributed by atoms with van der Waals surface area (Å²) in [4.78, 5) is 0. The molecule has 0 aromatic carbocycles. The van der Waals surface area contributed by atoms with Gasteiger partial charge in [-0.25, -0.2) is 0 Å². The van der Waals surface area contributed by atoms with Gasteiger partial charge in [-0.2, -0.15) is 0 Å². The number of aliphatic hydroxyl groups excluding tert-OH is 10. The molecular weight excluding hydrogens is 492 g/mol. The summed E-state index contributed by atoms with van der Waals surface area (Å²) in [6, 6.07) is 0. The van der Waals surface area contributed by atoms with E-state index in [1.807, 2.05) is 0 Å². The molecule has 1 aliphatic carbocycles. The van der Waals surface area contributed by atoms with E-state index in [2.05, 4.69) is 0 Å². The summed E-state index contributed by atoms with van der Waals surface area (Å²) >= 11 is 0. The van der Waals surface area contributed by atoms with Gasteiger partial charge in [0.15, 0.2) is 12.6 Å². The lowest BCUT2D eigenvalue weighted by Gasteiger charge is -2.46. The van der Waals surface area contributed by atoms with Crippen LogP contribution in [0.5, 0.6) is 0 Å². The number of rotatable bonds is 9. The van der Waals surface area contributed by atoms with Gasteiger partial charge in [-0.15, -0.1) is 0 Å². The number of hydrogen-bond acceptors (Lipinski definition) is 15. The Morgan fingerprint density at radius 2 is 1.25 bits per heavy atom. The van der Waals surface area contributed by atoms with E-state index in [-0.39, 0.29) is 13.0 Å². The smallest absolute Gasteiger partial charge is 0.186 e. The van der Waals surface area contributed by atoms with Gasteiger partial charge in [-0.3, -0.25) is 0 Å². The second kappa shape index (κ2) is 13.0. The highest BCUT2D eigenvalue weighted by atomic mass is 16.7. The molecule has 212 valence electrons. The Morgan fingerprint density at radius 3 is 1.86 bits per heavy atom. The van der Waals surface area contributed by atoms with Crippen LogP contribution in [0.15, 0.2) is 0 Å². The van der Waals surface area contributed by atoms with Crippen molar-refractivity contribution in [3.8, 4) is 0 Å². The highest BCUT2D eigenvalue weighted by molar-refractivity contribution is 4.97. The lowest BCUT2D eigenvalue weighted by atomic mass is 9.81. The average Bonchev–Trinajstić information content (AvgIpc) is 2.87. The number of hydrogen-bond donors (Lipinski definition) is 10. The molecule has 1 saturated carbocycles. The molecular formula is C21H38O15.